The molecule has 0 amide bonds. The van der Waals surface area contributed by atoms with Gasteiger partial charge in [-0.05, 0) is 46.7 Å². The molecule has 0 bridgehead atoms. The minimum Gasteiger partial charge on any atom is -0.353 e. The highest BCUT2D eigenvalue weighted by Gasteiger charge is 2.22. The van der Waals surface area contributed by atoms with E-state index in [1.165, 1.54) is 19.4 Å². The molecule has 1 aliphatic rings. The first-order chi connectivity index (χ1) is 8.60. The number of likely N-dealkylation sites (N-methyl/N-ethyl adjacent to an activating group) is 1. The van der Waals surface area contributed by atoms with E-state index in [4.69, 9.17) is 0 Å². The molecule has 4 heteroatoms. The van der Waals surface area contributed by atoms with Crippen molar-refractivity contribution in [1.29, 1.82) is 0 Å². The van der Waals surface area contributed by atoms with E-state index in [1.54, 1.807) is 0 Å². The Kier molecular flexibility index (Phi) is 4.27. The summed E-state index contributed by atoms with van der Waals surface area (Å²) in [5, 5.41) is 3.46. The van der Waals surface area contributed by atoms with Gasteiger partial charge in [-0.1, -0.05) is 6.92 Å². The number of aryl methyl sites for hydroxylation is 1. The van der Waals surface area contributed by atoms with Crippen LogP contribution in [-0.2, 0) is 0 Å². The number of hydrogen-bond donors (Lipinski definition) is 1. The molecule has 1 atom stereocenters. The fraction of sp³-hybridized carbons (Fsp3) is 0.786. The third kappa shape index (κ3) is 3.05. The van der Waals surface area contributed by atoms with E-state index in [0.29, 0.717) is 12.1 Å². The minimum atomic E-state index is 0.427. The molecular weight excluding hydrogens is 224 g/mol. The average Bonchev–Trinajstić information content (AvgIpc) is 2.69. The summed E-state index contributed by atoms with van der Waals surface area (Å²) in [7, 11) is 0. The third-order valence-corrected chi connectivity index (χ3v) is 3.59. The first-order valence-corrected chi connectivity index (χ1v) is 7.14. The molecule has 1 unspecified atom stereocenters. The molecule has 102 valence electrons. The molecule has 1 aromatic rings. The lowest BCUT2D eigenvalue weighted by Crippen LogP contribution is -2.36. The molecule has 0 saturated carbocycles. The number of piperidine rings is 1. The maximum absolute atomic E-state index is 4.61. The number of likely N-dealkylation sites (tertiary alicyclic amines) is 1. The summed E-state index contributed by atoms with van der Waals surface area (Å²) in [6.45, 7) is 12.2. The Balaban J connectivity index is 2.15. The van der Waals surface area contributed by atoms with Crippen LogP contribution in [0.25, 0.3) is 0 Å². The van der Waals surface area contributed by atoms with Crippen LogP contribution in [0.4, 0.5) is 5.95 Å². The van der Waals surface area contributed by atoms with Crippen LogP contribution in [-0.4, -0.2) is 40.1 Å². The van der Waals surface area contributed by atoms with Gasteiger partial charge in [-0.2, -0.15) is 0 Å². The van der Waals surface area contributed by atoms with Gasteiger partial charge in [-0.25, -0.2) is 4.98 Å². The number of imidazole rings is 1. The van der Waals surface area contributed by atoms with Gasteiger partial charge in [-0.3, -0.25) is 0 Å². The fourth-order valence-electron chi connectivity index (χ4n) is 2.70. The van der Waals surface area contributed by atoms with Crippen LogP contribution in [0.3, 0.4) is 0 Å². The number of nitrogens with one attached hydrogen (secondary N) is 1. The van der Waals surface area contributed by atoms with Crippen molar-refractivity contribution in [2.24, 2.45) is 0 Å². The topological polar surface area (TPSA) is 33.1 Å². The molecule has 2 heterocycles. The first-order valence-electron chi connectivity index (χ1n) is 7.14. The predicted octanol–water partition coefficient (Wildman–Crippen LogP) is 2.67. The van der Waals surface area contributed by atoms with Crippen molar-refractivity contribution in [2.75, 3.05) is 25.0 Å². The van der Waals surface area contributed by atoms with Crippen LogP contribution >= 0.6 is 0 Å². The molecule has 0 aliphatic carbocycles. The number of rotatable bonds is 4. The zero-order valence-electron chi connectivity index (χ0n) is 12.1. The summed E-state index contributed by atoms with van der Waals surface area (Å²) >= 11 is 0. The second kappa shape index (κ2) is 5.74. The summed E-state index contributed by atoms with van der Waals surface area (Å²) in [6.07, 6.45) is 4.74. The normalized spacial score (nSPS) is 21.5. The lowest BCUT2D eigenvalue weighted by atomic mass is 10.1. The predicted molar refractivity (Wildman–Crippen MR) is 76.1 cm³/mol. The zero-order chi connectivity index (χ0) is 13.1. The third-order valence-electron chi connectivity index (χ3n) is 3.59. The fourth-order valence-corrected chi connectivity index (χ4v) is 2.70. The van der Waals surface area contributed by atoms with Crippen molar-refractivity contribution in [1.82, 2.24) is 14.5 Å². The van der Waals surface area contributed by atoms with E-state index in [2.05, 4.69) is 53.7 Å². The molecule has 18 heavy (non-hydrogen) atoms. The second-order valence-electron chi connectivity index (χ2n) is 5.60. The average molecular weight is 250 g/mol. The molecule has 1 saturated heterocycles. The number of nitrogens with zero attached hydrogens (tertiary/aromatic N) is 3. The molecule has 2 rings (SSSR count). The SMILES string of the molecule is CCN1CCCC(n2cc(C)nc2NC(C)C)C1. The molecule has 0 spiro atoms. The van der Waals surface area contributed by atoms with Gasteiger partial charge in [0.2, 0.25) is 5.95 Å². The smallest absolute Gasteiger partial charge is 0.203 e. The van der Waals surface area contributed by atoms with Crippen LogP contribution < -0.4 is 5.32 Å². The van der Waals surface area contributed by atoms with Crippen LogP contribution in [0.15, 0.2) is 6.20 Å². The van der Waals surface area contributed by atoms with E-state index in [0.717, 1.165) is 24.7 Å². The van der Waals surface area contributed by atoms with Crippen LogP contribution in [0, 0.1) is 6.92 Å². The molecule has 1 aromatic heterocycles. The maximum atomic E-state index is 4.61. The van der Waals surface area contributed by atoms with Gasteiger partial charge in [0.05, 0.1) is 5.69 Å². The van der Waals surface area contributed by atoms with Crippen molar-refractivity contribution in [3.8, 4) is 0 Å². The highest BCUT2D eigenvalue weighted by molar-refractivity contribution is 5.30. The first kappa shape index (κ1) is 13.4. The largest absolute Gasteiger partial charge is 0.353 e. The summed E-state index contributed by atoms with van der Waals surface area (Å²) in [5.74, 6) is 1.03. The Morgan fingerprint density at radius 1 is 1.50 bits per heavy atom. The summed E-state index contributed by atoms with van der Waals surface area (Å²) in [4.78, 5) is 7.14. The molecule has 0 aromatic carbocycles. The Labute approximate surface area is 110 Å². The Bertz CT molecular complexity index is 383. The highest BCUT2D eigenvalue weighted by atomic mass is 15.3. The Morgan fingerprint density at radius 3 is 2.94 bits per heavy atom. The maximum Gasteiger partial charge on any atom is 0.203 e. The Morgan fingerprint density at radius 2 is 2.28 bits per heavy atom. The lowest BCUT2D eigenvalue weighted by molar-refractivity contribution is 0.186. The summed E-state index contributed by atoms with van der Waals surface area (Å²) < 4.78 is 2.34. The van der Waals surface area contributed by atoms with Crippen molar-refractivity contribution in [3.63, 3.8) is 0 Å². The van der Waals surface area contributed by atoms with Gasteiger partial charge in [-0.15, -0.1) is 0 Å². The molecule has 1 fully saturated rings. The molecule has 1 aliphatic heterocycles. The van der Waals surface area contributed by atoms with Gasteiger partial charge in [0.15, 0.2) is 0 Å². The van der Waals surface area contributed by atoms with Gasteiger partial charge in [0, 0.05) is 24.8 Å². The zero-order valence-corrected chi connectivity index (χ0v) is 12.1. The van der Waals surface area contributed by atoms with E-state index in [1.807, 2.05) is 0 Å². The summed E-state index contributed by atoms with van der Waals surface area (Å²) in [6, 6.07) is 0.998. The van der Waals surface area contributed by atoms with E-state index < -0.39 is 0 Å². The van der Waals surface area contributed by atoms with Crippen molar-refractivity contribution >= 4 is 5.95 Å². The van der Waals surface area contributed by atoms with Gasteiger partial charge in [0.1, 0.15) is 0 Å². The van der Waals surface area contributed by atoms with Crippen molar-refractivity contribution in [3.05, 3.63) is 11.9 Å². The van der Waals surface area contributed by atoms with E-state index in [9.17, 15) is 0 Å². The molecule has 0 radical (unpaired) electrons. The standard InChI is InChI=1S/C14H26N4/c1-5-17-8-6-7-13(10-17)18-9-12(4)16-14(18)15-11(2)3/h9,11,13H,5-8,10H2,1-4H3,(H,15,16). The minimum absolute atomic E-state index is 0.427. The van der Waals surface area contributed by atoms with Crippen LogP contribution in [0.5, 0.6) is 0 Å². The number of hydrogen-bond acceptors (Lipinski definition) is 3. The van der Waals surface area contributed by atoms with E-state index >= 15 is 0 Å². The van der Waals surface area contributed by atoms with E-state index in [-0.39, 0.29) is 0 Å². The number of aromatic nitrogens is 2. The number of anilines is 1. The van der Waals surface area contributed by atoms with Gasteiger partial charge in [0.25, 0.3) is 0 Å². The molecule has 1 N–H and O–H groups in total. The Hall–Kier alpha value is -1.03. The van der Waals surface area contributed by atoms with Crippen molar-refractivity contribution in [2.45, 2.75) is 52.6 Å². The van der Waals surface area contributed by atoms with Gasteiger partial charge < -0.3 is 14.8 Å². The lowest BCUT2D eigenvalue weighted by Gasteiger charge is -2.33. The monoisotopic (exact) mass is 250 g/mol. The second-order valence-corrected chi connectivity index (χ2v) is 5.60. The van der Waals surface area contributed by atoms with Crippen LogP contribution in [0.2, 0.25) is 0 Å². The quantitative estimate of drug-likeness (QED) is 0.892. The highest BCUT2D eigenvalue weighted by Crippen LogP contribution is 2.25. The molecule has 4 nitrogen and oxygen atoms in total. The molecular formula is C14H26N4. The van der Waals surface area contributed by atoms with Gasteiger partial charge >= 0.3 is 0 Å². The van der Waals surface area contributed by atoms with Crippen molar-refractivity contribution < 1.29 is 0 Å². The summed E-state index contributed by atoms with van der Waals surface area (Å²) in [5.41, 5.74) is 1.10. The van der Waals surface area contributed by atoms with Crippen LogP contribution in [0.1, 0.15) is 45.3 Å².